The van der Waals surface area contributed by atoms with Gasteiger partial charge in [0.05, 0.1) is 5.56 Å². The van der Waals surface area contributed by atoms with Gasteiger partial charge in [0.1, 0.15) is 5.82 Å². The van der Waals surface area contributed by atoms with E-state index in [1.54, 1.807) is 7.05 Å². The zero-order chi connectivity index (χ0) is 12.2. The zero-order valence-electron chi connectivity index (χ0n) is 8.61. The lowest BCUT2D eigenvalue weighted by Gasteiger charge is -2.11. The molecule has 0 aromatic heterocycles. The van der Waals surface area contributed by atoms with E-state index in [0.29, 0.717) is 6.54 Å². The summed E-state index contributed by atoms with van der Waals surface area (Å²) in [7, 11) is 1.67. The van der Waals surface area contributed by atoms with Crippen molar-refractivity contribution in [2.45, 2.75) is 6.18 Å². The van der Waals surface area contributed by atoms with Gasteiger partial charge in [-0.3, -0.25) is 0 Å². The largest absolute Gasteiger partial charge is 0.419 e. The van der Waals surface area contributed by atoms with Crippen molar-refractivity contribution in [2.75, 3.05) is 13.6 Å². The molecule has 0 heterocycles. The topological polar surface area (TPSA) is 12.0 Å². The molecule has 1 aromatic carbocycles. The molecule has 1 rings (SSSR count). The molecule has 0 saturated heterocycles. The van der Waals surface area contributed by atoms with Crippen LogP contribution in [0.25, 0.3) is 6.08 Å². The molecule has 5 heteroatoms. The molecule has 0 aliphatic rings. The molecule has 16 heavy (non-hydrogen) atoms. The Hall–Kier alpha value is -1.36. The Balaban J connectivity index is 3.14. The van der Waals surface area contributed by atoms with Gasteiger partial charge in [0, 0.05) is 6.54 Å². The SMILES string of the molecule is CNCC=Cc1cccc(F)c1C(F)(F)F. The van der Waals surface area contributed by atoms with Crippen molar-refractivity contribution in [1.29, 1.82) is 0 Å². The number of benzene rings is 1. The van der Waals surface area contributed by atoms with Crippen LogP contribution in [0.1, 0.15) is 11.1 Å². The van der Waals surface area contributed by atoms with Crippen molar-refractivity contribution in [1.82, 2.24) is 5.32 Å². The van der Waals surface area contributed by atoms with Gasteiger partial charge in [-0.15, -0.1) is 0 Å². The molecule has 0 amide bonds. The van der Waals surface area contributed by atoms with Crippen LogP contribution >= 0.6 is 0 Å². The van der Waals surface area contributed by atoms with Crippen LogP contribution in [0.3, 0.4) is 0 Å². The first-order valence-corrected chi connectivity index (χ1v) is 4.63. The van der Waals surface area contributed by atoms with Gasteiger partial charge in [-0.2, -0.15) is 13.2 Å². The second kappa shape index (κ2) is 5.12. The third-order valence-electron chi connectivity index (χ3n) is 1.95. The van der Waals surface area contributed by atoms with Crippen molar-refractivity contribution in [3.05, 3.63) is 41.2 Å². The summed E-state index contributed by atoms with van der Waals surface area (Å²) in [6.07, 6.45) is -1.92. The second-order valence-electron chi connectivity index (χ2n) is 3.16. The second-order valence-corrected chi connectivity index (χ2v) is 3.16. The number of hydrogen-bond acceptors (Lipinski definition) is 1. The highest BCUT2D eigenvalue weighted by molar-refractivity contribution is 5.55. The Bertz CT molecular complexity index is 382. The lowest BCUT2D eigenvalue weighted by Crippen LogP contribution is -2.10. The molecule has 0 spiro atoms. The third kappa shape index (κ3) is 3.06. The molecule has 0 saturated carbocycles. The van der Waals surface area contributed by atoms with Crippen molar-refractivity contribution < 1.29 is 17.6 Å². The summed E-state index contributed by atoms with van der Waals surface area (Å²) in [6.45, 7) is 0.424. The van der Waals surface area contributed by atoms with Crippen LogP contribution in [0.2, 0.25) is 0 Å². The van der Waals surface area contributed by atoms with Gasteiger partial charge < -0.3 is 5.32 Å². The van der Waals surface area contributed by atoms with Gasteiger partial charge >= 0.3 is 6.18 Å². The minimum absolute atomic E-state index is 0.164. The highest BCUT2D eigenvalue weighted by atomic mass is 19.4. The van der Waals surface area contributed by atoms with Gasteiger partial charge in [0.2, 0.25) is 0 Å². The molecule has 0 aliphatic heterocycles. The van der Waals surface area contributed by atoms with E-state index in [-0.39, 0.29) is 5.56 Å². The number of likely N-dealkylation sites (N-methyl/N-ethyl adjacent to an activating group) is 1. The summed E-state index contributed by atoms with van der Waals surface area (Å²) in [6, 6.07) is 3.29. The Morgan fingerprint density at radius 3 is 2.56 bits per heavy atom. The van der Waals surface area contributed by atoms with Crippen molar-refractivity contribution >= 4 is 6.08 Å². The summed E-state index contributed by atoms with van der Waals surface area (Å²) < 4.78 is 50.7. The molecule has 1 nitrogen and oxygen atoms in total. The molecule has 0 unspecified atom stereocenters. The minimum Gasteiger partial charge on any atom is -0.316 e. The van der Waals surface area contributed by atoms with Crippen LogP contribution in [0.4, 0.5) is 17.6 Å². The Kier molecular flexibility index (Phi) is 4.06. The van der Waals surface area contributed by atoms with Gasteiger partial charge in [0.25, 0.3) is 0 Å². The number of nitrogens with one attached hydrogen (secondary N) is 1. The van der Waals surface area contributed by atoms with Gasteiger partial charge in [0.15, 0.2) is 0 Å². The first-order chi connectivity index (χ1) is 7.46. The summed E-state index contributed by atoms with van der Waals surface area (Å²) in [4.78, 5) is 0. The van der Waals surface area contributed by atoms with E-state index in [2.05, 4.69) is 5.32 Å². The van der Waals surface area contributed by atoms with E-state index in [1.165, 1.54) is 24.3 Å². The molecule has 0 atom stereocenters. The fourth-order valence-electron chi connectivity index (χ4n) is 1.28. The van der Waals surface area contributed by atoms with Crippen LogP contribution in [0.5, 0.6) is 0 Å². The van der Waals surface area contributed by atoms with E-state index >= 15 is 0 Å². The maximum Gasteiger partial charge on any atom is 0.419 e. The number of halogens is 4. The number of hydrogen-bond donors (Lipinski definition) is 1. The smallest absolute Gasteiger partial charge is 0.316 e. The summed E-state index contributed by atoms with van der Waals surface area (Å²) in [5.41, 5.74) is -1.38. The average Bonchev–Trinajstić information content (AvgIpc) is 2.16. The molecule has 0 aliphatic carbocycles. The predicted octanol–water partition coefficient (Wildman–Crippen LogP) is 3.08. The zero-order valence-corrected chi connectivity index (χ0v) is 8.61. The summed E-state index contributed by atoms with van der Waals surface area (Å²) >= 11 is 0. The van der Waals surface area contributed by atoms with E-state index in [0.717, 1.165) is 6.07 Å². The minimum atomic E-state index is -4.68. The first kappa shape index (κ1) is 12.7. The normalized spacial score (nSPS) is 12.3. The van der Waals surface area contributed by atoms with Crippen LogP contribution < -0.4 is 5.32 Å². The van der Waals surface area contributed by atoms with Crippen LogP contribution in [-0.4, -0.2) is 13.6 Å². The molecular formula is C11H11F4N. The fourth-order valence-corrected chi connectivity index (χ4v) is 1.28. The maximum absolute atomic E-state index is 13.1. The van der Waals surface area contributed by atoms with E-state index < -0.39 is 17.6 Å². The number of alkyl halides is 3. The highest BCUT2D eigenvalue weighted by Crippen LogP contribution is 2.34. The predicted molar refractivity (Wildman–Crippen MR) is 54.4 cm³/mol. The van der Waals surface area contributed by atoms with E-state index in [4.69, 9.17) is 0 Å². The Morgan fingerprint density at radius 1 is 1.31 bits per heavy atom. The highest BCUT2D eigenvalue weighted by Gasteiger charge is 2.35. The van der Waals surface area contributed by atoms with Crippen molar-refractivity contribution in [3.63, 3.8) is 0 Å². The van der Waals surface area contributed by atoms with Crippen LogP contribution in [-0.2, 0) is 6.18 Å². The Labute approximate surface area is 90.8 Å². The lowest BCUT2D eigenvalue weighted by atomic mass is 10.1. The fraction of sp³-hybridized carbons (Fsp3) is 0.273. The molecule has 1 aromatic rings. The van der Waals surface area contributed by atoms with Gasteiger partial charge in [-0.05, 0) is 18.7 Å². The van der Waals surface area contributed by atoms with E-state index in [9.17, 15) is 17.6 Å². The maximum atomic E-state index is 13.1. The van der Waals surface area contributed by atoms with Gasteiger partial charge in [-0.1, -0.05) is 24.3 Å². The van der Waals surface area contributed by atoms with Crippen molar-refractivity contribution in [2.24, 2.45) is 0 Å². The summed E-state index contributed by atoms with van der Waals surface area (Å²) in [5, 5.41) is 2.75. The van der Waals surface area contributed by atoms with Crippen molar-refractivity contribution in [3.8, 4) is 0 Å². The molecule has 88 valence electrons. The van der Waals surface area contributed by atoms with Gasteiger partial charge in [-0.25, -0.2) is 4.39 Å². The average molecular weight is 233 g/mol. The van der Waals surface area contributed by atoms with Crippen LogP contribution in [0, 0.1) is 5.82 Å². The number of rotatable bonds is 3. The quantitative estimate of drug-likeness (QED) is 0.791. The van der Waals surface area contributed by atoms with E-state index in [1.807, 2.05) is 0 Å². The molecule has 0 radical (unpaired) electrons. The monoisotopic (exact) mass is 233 g/mol. The summed E-state index contributed by atoms with van der Waals surface area (Å²) in [5.74, 6) is -1.25. The molecular weight excluding hydrogens is 222 g/mol. The van der Waals surface area contributed by atoms with Crippen LogP contribution in [0.15, 0.2) is 24.3 Å². The molecule has 0 fully saturated rings. The molecule has 1 N–H and O–H groups in total. The Morgan fingerprint density at radius 2 is 2.00 bits per heavy atom. The standard InChI is InChI=1S/C11H11F4N/c1-16-7-3-5-8-4-2-6-9(12)10(8)11(13,14)15/h2-6,16H,7H2,1H3. The molecule has 0 bridgehead atoms. The lowest BCUT2D eigenvalue weighted by molar-refractivity contribution is -0.140. The first-order valence-electron chi connectivity index (χ1n) is 4.63. The third-order valence-corrected chi connectivity index (χ3v) is 1.95.